The summed E-state index contributed by atoms with van der Waals surface area (Å²) < 4.78 is 12.9. The highest BCUT2D eigenvalue weighted by Gasteiger charge is 2.38. The Morgan fingerprint density at radius 1 is 1.15 bits per heavy atom. The molecule has 146 valence electrons. The van der Waals surface area contributed by atoms with E-state index in [2.05, 4.69) is 10.6 Å². The SMILES string of the molecule is O=C(NCCCN1C(=O)NCC(C2CCCCC2)C1=O)c1ccc(F)cc1. The van der Waals surface area contributed by atoms with Crippen LogP contribution in [0, 0.1) is 17.7 Å². The van der Waals surface area contributed by atoms with Crippen LogP contribution in [-0.2, 0) is 4.79 Å². The van der Waals surface area contributed by atoms with Crippen molar-refractivity contribution in [3.8, 4) is 0 Å². The van der Waals surface area contributed by atoms with Crippen LogP contribution in [-0.4, -0.2) is 42.4 Å². The minimum atomic E-state index is -0.395. The molecular weight excluding hydrogens is 349 g/mol. The molecule has 1 aromatic carbocycles. The lowest BCUT2D eigenvalue weighted by molar-refractivity contribution is -0.136. The second-order valence-corrected chi connectivity index (χ2v) is 7.30. The number of urea groups is 1. The van der Waals surface area contributed by atoms with Crippen LogP contribution in [0.2, 0.25) is 0 Å². The molecule has 1 aromatic rings. The fourth-order valence-corrected chi connectivity index (χ4v) is 3.94. The zero-order valence-electron chi connectivity index (χ0n) is 15.4. The highest BCUT2D eigenvalue weighted by atomic mass is 19.1. The molecule has 2 aliphatic rings. The molecule has 1 saturated carbocycles. The van der Waals surface area contributed by atoms with Gasteiger partial charge in [0.1, 0.15) is 5.82 Å². The van der Waals surface area contributed by atoms with E-state index in [1.165, 1.54) is 35.6 Å². The molecule has 1 saturated heterocycles. The van der Waals surface area contributed by atoms with Crippen LogP contribution in [0.15, 0.2) is 24.3 Å². The van der Waals surface area contributed by atoms with Crippen molar-refractivity contribution < 1.29 is 18.8 Å². The Labute approximate surface area is 158 Å². The van der Waals surface area contributed by atoms with Crippen LogP contribution in [0.5, 0.6) is 0 Å². The number of hydrogen-bond donors (Lipinski definition) is 2. The lowest BCUT2D eigenvalue weighted by Gasteiger charge is -2.37. The highest BCUT2D eigenvalue weighted by Crippen LogP contribution is 2.32. The van der Waals surface area contributed by atoms with E-state index in [0.717, 1.165) is 25.7 Å². The summed E-state index contributed by atoms with van der Waals surface area (Å²) in [5.41, 5.74) is 0.376. The molecular formula is C20H26FN3O3. The number of amides is 4. The summed E-state index contributed by atoms with van der Waals surface area (Å²) >= 11 is 0. The third-order valence-electron chi connectivity index (χ3n) is 5.47. The van der Waals surface area contributed by atoms with Crippen molar-refractivity contribution in [2.45, 2.75) is 38.5 Å². The van der Waals surface area contributed by atoms with Crippen molar-refractivity contribution in [3.63, 3.8) is 0 Å². The summed E-state index contributed by atoms with van der Waals surface area (Å²) in [6.45, 7) is 1.04. The van der Waals surface area contributed by atoms with Crippen LogP contribution >= 0.6 is 0 Å². The van der Waals surface area contributed by atoms with E-state index < -0.39 is 5.82 Å². The fraction of sp³-hybridized carbons (Fsp3) is 0.550. The van der Waals surface area contributed by atoms with Crippen LogP contribution in [0.4, 0.5) is 9.18 Å². The largest absolute Gasteiger partial charge is 0.352 e. The Kier molecular flexibility index (Phi) is 6.42. The van der Waals surface area contributed by atoms with E-state index in [4.69, 9.17) is 0 Å². The van der Waals surface area contributed by atoms with Crippen LogP contribution in [0.1, 0.15) is 48.9 Å². The molecule has 2 fully saturated rings. The van der Waals surface area contributed by atoms with E-state index >= 15 is 0 Å². The number of nitrogens with zero attached hydrogens (tertiary/aromatic N) is 1. The summed E-state index contributed by atoms with van der Waals surface area (Å²) in [6, 6.07) is 4.95. The third kappa shape index (κ3) is 4.84. The summed E-state index contributed by atoms with van der Waals surface area (Å²) in [7, 11) is 0. The highest BCUT2D eigenvalue weighted by molar-refractivity contribution is 5.98. The van der Waals surface area contributed by atoms with Gasteiger partial charge in [0.15, 0.2) is 0 Å². The first-order chi connectivity index (χ1) is 13.1. The summed E-state index contributed by atoms with van der Waals surface area (Å²) in [5, 5.41) is 5.57. The van der Waals surface area contributed by atoms with Gasteiger partial charge in [-0.15, -0.1) is 0 Å². The maximum atomic E-state index is 12.9. The monoisotopic (exact) mass is 375 g/mol. The summed E-state index contributed by atoms with van der Waals surface area (Å²) in [6.07, 6.45) is 6.10. The van der Waals surface area contributed by atoms with Crippen LogP contribution < -0.4 is 10.6 Å². The molecule has 1 unspecified atom stereocenters. The Morgan fingerprint density at radius 2 is 1.85 bits per heavy atom. The number of rotatable bonds is 6. The number of halogens is 1. The molecule has 7 heteroatoms. The minimum Gasteiger partial charge on any atom is -0.352 e. The van der Waals surface area contributed by atoms with Crippen molar-refractivity contribution >= 4 is 17.8 Å². The normalized spacial score (nSPS) is 21.1. The average Bonchev–Trinajstić information content (AvgIpc) is 2.68. The van der Waals surface area contributed by atoms with Gasteiger partial charge in [-0.2, -0.15) is 0 Å². The van der Waals surface area contributed by atoms with Gasteiger partial charge in [0.2, 0.25) is 5.91 Å². The Balaban J connectivity index is 1.47. The molecule has 0 radical (unpaired) electrons. The maximum Gasteiger partial charge on any atom is 0.324 e. The lowest BCUT2D eigenvalue weighted by atomic mass is 9.78. The topological polar surface area (TPSA) is 78.5 Å². The second kappa shape index (κ2) is 8.97. The van der Waals surface area contributed by atoms with Crippen molar-refractivity contribution in [1.29, 1.82) is 0 Å². The molecule has 1 atom stereocenters. The molecule has 6 nitrogen and oxygen atoms in total. The number of imide groups is 1. The molecule has 4 amide bonds. The number of carbonyl (C=O) groups excluding carboxylic acids is 3. The van der Waals surface area contributed by atoms with Crippen molar-refractivity contribution in [2.24, 2.45) is 11.8 Å². The smallest absolute Gasteiger partial charge is 0.324 e. The zero-order chi connectivity index (χ0) is 19.2. The summed E-state index contributed by atoms with van der Waals surface area (Å²) in [4.78, 5) is 38.1. The van der Waals surface area contributed by atoms with Gasteiger partial charge >= 0.3 is 6.03 Å². The van der Waals surface area contributed by atoms with E-state index in [0.29, 0.717) is 31.0 Å². The molecule has 0 bridgehead atoms. The molecule has 1 aliphatic heterocycles. The predicted molar refractivity (Wildman–Crippen MR) is 98.5 cm³/mol. The molecule has 0 aromatic heterocycles. The van der Waals surface area contributed by atoms with E-state index in [1.807, 2.05) is 0 Å². The second-order valence-electron chi connectivity index (χ2n) is 7.30. The van der Waals surface area contributed by atoms with Gasteiger partial charge in [0.05, 0.1) is 5.92 Å². The van der Waals surface area contributed by atoms with Gasteiger partial charge in [-0.3, -0.25) is 14.5 Å². The van der Waals surface area contributed by atoms with Gasteiger partial charge in [-0.25, -0.2) is 9.18 Å². The first-order valence-electron chi connectivity index (χ1n) is 9.69. The van der Waals surface area contributed by atoms with Crippen LogP contribution in [0.3, 0.4) is 0 Å². The number of nitrogens with one attached hydrogen (secondary N) is 2. The van der Waals surface area contributed by atoms with E-state index in [-0.39, 0.29) is 30.3 Å². The molecule has 3 rings (SSSR count). The van der Waals surface area contributed by atoms with Gasteiger partial charge in [0, 0.05) is 25.2 Å². The molecule has 1 heterocycles. The molecule has 27 heavy (non-hydrogen) atoms. The lowest BCUT2D eigenvalue weighted by Crippen LogP contribution is -2.57. The van der Waals surface area contributed by atoms with Crippen molar-refractivity contribution in [3.05, 3.63) is 35.6 Å². The zero-order valence-corrected chi connectivity index (χ0v) is 15.4. The summed E-state index contributed by atoms with van der Waals surface area (Å²) in [5.74, 6) is -0.557. The van der Waals surface area contributed by atoms with Crippen LogP contribution in [0.25, 0.3) is 0 Å². The van der Waals surface area contributed by atoms with Gasteiger partial charge in [-0.1, -0.05) is 19.3 Å². The fourth-order valence-electron chi connectivity index (χ4n) is 3.94. The first-order valence-corrected chi connectivity index (χ1v) is 9.69. The van der Waals surface area contributed by atoms with E-state index in [1.54, 1.807) is 0 Å². The van der Waals surface area contributed by atoms with E-state index in [9.17, 15) is 18.8 Å². The number of benzene rings is 1. The molecule has 0 spiro atoms. The average molecular weight is 375 g/mol. The Hall–Kier alpha value is -2.44. The van der Waals surface area contributed by atoms with Gasteiger partial charge in [-0.05, 0) is 49.4 Å². The Bertz CT molecular complexity index is 686. The van der Waals surface area contributed by atoms with Crippen molar-refractivity contribution in [2.75, 3.05) is 19.6 Å². The minimum absolute atomic E-state index is 0.0875. The van der Waals surface area contributed by atoms with Gasteiger partial charge in [0.25, 0.3) is 5.91 Å². The molecule has 2 N–H and O–H groups in total. The third-order valence-corrected chi connectivity index (χ3v) is 5.47. The molecule has 1 aliphatic carbocycles. The number of hydrogen-bond acceptors (Lipinski definition) is 3. The quantitative estimate of drug-likeness (QED) is 0.751. The Morgan fingerprint density at radius 3 is 2.56 bits per heavy atom. The standard InChI is InChI=1S/C20H26FN3O3/c21-16-9-7-15(8-10-16)18(25)22-11-4-12-24-19(26)17(13-23-20(24)27)14-5-2-1-3-6-14/h7-10,14,17H,1-6,11-13H2,(H,22,25)(H,23,27). The maximum absolute atomic E-state index is 12.9. The van der Waals surface area contributed by atoms with Crippen molar-refractivity contribution in [1.82, 2.24) is 15.5 Å². The first kappa shape index (κ1) is 19.3. The predicted octanol–water partition coefficient (Wildman–Crippen LogP) is 2.69. The van der Waals surface area contributed by atoms with Gasteiger partial charge < -0.3 is 10.6 Å². The number of carbonyl (C=O) groups is 3.